The molecule has 0 radical (unpaired) electrons. The average Bonchev–Trinajstić information content (AvgIpc) is 2.91. The first-order chi connectivity index (χ1) is 8.95. The van der Waals surface area contributed by atoms with Crippen molar-refractivity contribution in [2.75, 3.05) is 0 Å². The van der Waals surface area contributed by atoms with Crippen molar-refractivity contribution < 1.29 is 18.0 Å². The Balaban J connectivity index is 1.95. The van der Waals surface area contributed by atoms with Gasteiger partial charge in [0.25, 0.3) is 5.91 Å². The van der Waals surface area contributed by atoms with Crippen molar-refractivity contribution in [2.45, 2.75) is 12.7 Å². The van der Waals surface area contributed by atoms with Gasteiger partial charge in [-0.05, 0) is 12.1 Å². The number of carbonyl (C=O) groups excluding carboxylic acids is 1. The smallest absolute Gasteiger partial charge is 0.346 e. The third kappa shape index (κ3) is 1.92. The van der Waals surface area contributed by atoms with Gasteiger partial charge >= 0.3 is 6.18 Å². The van der Waals surface area contributed by atoms with Crippen molar-refractivity contribution in [1.29, 1.82) is 0 Å². The van der Waals surface area contributed by atoms with Gasteiger partial charge in [0.15, 0.2) is 11.5 Å². The molecule has 3 rings (SSSR count). The summed E-state index contributed by atoms with van der Waals surface area (Å²) in [6.07, 6.45) is -3.12. The van der Waals surface area contributed by atoms with E-state index in [1.54, 1.807) is 0 Å². The van der Waals surface area contributed by atoms with E-state index in [9.17, 15) is 18.0 Å². The van der Waals surface area contributed by atoms with Crippen molar-refractivity contribution in [3.05, 3.63) is 35.3 Å². The Kier molecular flexibility index (Phi) is 2.31. The molecule has 1 aliphatic heterocycles. The lowest BCUT2D eigenvalue weighted by atomic mass is 10.3. The predicted octanol–water partition coefficient (Wildman–Crippen LogP) is 0.924. The summed E-state index contributed by atoms with van der Waals surface area (Å²) in [7, 11) is 0. The highest BCUT2D eigenvalue weighted by Gasteiger charge is 2.33. The van der Waals surface area contributed by atoms with Crippen LogP contribution in [0.15, 0.2) is 18.3 Å². The van der Waals surface area contributed by atoms with Crippen LogP contribution in [0.1, 0.15) is 21.7 Å². The molecule has 0 atom stereocenters. The second-order valence-corrected chi connectivity index (χ2v) is 3.89. The number of halogens is 3. The van der Waals surface area contributed by atoms with Gasteiger partial charge in [0.1, 0.15) is 0 Å². The van der Waals surface area contributed by atoms with Crippen LogP contribution in [0.4, 0.5) is 13.2 Å². The zero-order valence-electron chi connectivity index (χ0n) is 9.27. The fourth-order valence-electron chi connectivity index (χ4n) is 1.71. The molecule has 0 aliphatic carbocycles. The minimum absolute atomic E-state index is 0.121. The first kappa shape index (κ1) is 11.6. The average molecular weight is 269 g/mol. The van der Waals surface area contributed by atoms with Crippen LogP contribution in [0.5, 0.6) is 0 Å². The van der Waals surface area contributed by atoms with Gasteiger partial charge in [0.05, 0.1) is 17.8 Å². The van der Waals surface area contributed by atoms with Crippen LogP contribution >= 0.6 is 0 Å². The van der Waals surface area contributed by atoms with Gasteiger partial charge in [0, 0.05) is 6.20 Å². The van der Waals surface area contributed by atoms with Gasteiger partial charge in [0.2, 0.25) is 0 Å². The van der Waals surface area contributed by atoms with Crippen LogP contribution < -0.4 is 5.32 Å². The van der Waals surface area contributed by atoms with Gasteiger partial charge in [-0.15, -0.1) is 10.2 Å². The Labute approximate surface area is 104 Å². The summed E-state index contributed by atoms with van der Waals surface area (Å²) < 4.78 is 38.2. The van der Waals surface area contributed by atoms with Gasteiger partial charge in [-0.3, -0.25) is 4.79 Å². The molecule has 1 N–H and O–H groups in total. The van der Waals surface area contributed by atoms with Crippen LogP contribution in [0.2, 0.25) is 0 Å². The highest BCUT2D eigenvalue weighted by molar-refractivity contribution is 5.97. The molecule has 0 saturated heterocycles. The molecule has 9 heteroatoms. The molecule has 0 saturated carbocycles. The second-order valence-electron chi connectivity index (χ2n) is 3.89. The second kappa shape index (κ2) is 3.77. The number of hydrogen-bond donors (Lipinski definition) is 1. The quantitative estimate of drug-likeness (QED) is 0.835. The molecule has 2 aromatic heterocycles. The highest BCUT2D eigenvalue weighted by Crippen LogP contribution is 2.27. The van der Waals surface area contributed by atoms with Crippen LogP contribution in [-0.2, 0) is 12.7 Å². The van der Waals surface area contributed by atoms with Crippen LogP contribution in [0.3, 0.4) is 0 Å². The topological polar surface area (TPSA) is 72.7 Å². The first-order valence-electron chi connectivity index (χ1n) is 5.23. The zero-order valence-corrected chi connectivity index (χ0v) is 9.27. The van der Waals surface area contributed by atoms with E-state index < -0.39 is 11.9 Å². The summed E-state index contributed by atoms with van der Waals surface area (Å²) in [4.78, 5) is 11.3. The zero-order chi connectivity index (χ0) is 13.6. The Morgan fingerprint density at radius 2 is 2.05 bits per heavy atom. The number of carbonyl (C=O) groups is 1. The molecule has 2 aromatic rings. The Morgan fingerprint density at radius 1 is 1.26 bits per heavy atom. The summed E-state index contributed by atoms with van der Waals surface area (Å²) in [5.41, 5.74) is -0.151. The van der Waals surface area contributed by atoms with Crippen LogP contribution in [-0.4, -0.2) is 25.9 Å². The number of aromatic nitrogens is 4. The monoisotopic (exact) mass is 269 g/mol. The molecule has 19 heavy (non-hydrogen) atoms. The van der Waals surface area contributed by atoms with Crippen molar-refractivity contribution in [3.63, 3.8) is 0 Å². The van der Waals surface area contributed by atoms with Crippen molar-refractivity contribution in [1.82, 2.24) is 25.3 Å². The van der Waals surface area contributed by atoms with Gasteiger partial charge in [-0.2, -0.15) is 18.3 Å². The summed E-state index contributed by atoms with van der Waals surface area (Å²) >= 11 is 0. The molecule has 3 heterocycles. The summed E-state index contributed by atoms with van der Waals surface area (Å²) in [5, 5.41) is 13.2. The number of amides is 1. The summed E-state index contributed by atoms with van der Waals surface area (Å²) in [6, 6.07) is 1.96. The number of fused-ring (bicyclic) bond motifs is 1. The van der Waals surface area contributed by atoms with Crippen molar-refractivity contribution in [2.24, 2.45) is 0 Å². The SMILES string of the molecule is O=C1NCc2nn(-c3ccc(C(F)(F)F)nn3)cc21. The normalized spacial score (nSPS) is 14.4. The maximum Gasteiger partial charge on any atom is 0.435 e. The highest BCUT2D eigenvalue weighted by atomic mass is 19.4. The van der Waals surface area contributed by atoms with Crippen molar-refractivity contribution in [3.8, 4) is 5.82 Å². The van der Waals surface area contributed by atoms with E-state index in [1.165, 1.54) is 10.9 Å². The maximum absolute atomic E-state index is 12.3. The van der Waals surface area contributed by atoms with E-state index >= 15 is 0 Å². The Bertz CT molecular complexity index is 646. The lowest BCUT2D eigenvalue weighted by molar-refractivity contribution is -0.141. The summed E-state index contributed by atoms with van der Waals surface area (Å²) in [6.45, 7) is 0.301. The molecule has 98 valence electrons. The van der Waals surface area contributed by atoms with Crippen LogP contribution in [0, 0.1) is 0 Å². The number of nitrogens with zero attached hydrogens (tertiary/aromatic N) is 4. The van der Waals surface area contributed by atoms with E-state index in [4.69, 9.17) is 0 Å². The van der Waals surface area contributed by atoms with E-state index in [1.807, 2.05) is 0 Å². The summed E-state index contributed by atoms with van der Waals surface area (Å²) in [5.74, 6) is -0.142. The molecular formula is C10H6F3N5O. The van der Waals surface area contributed by atoms with E-state index in [2.05, 4.69) is 20.6 Å². The molecule has 0 unspecified atom stereocenters. The molecule has 0 spiro atoms. The minimum Gasteiger partial charge on any atom is -0.346 e. The third-order valence-electron chi connectivity index (χ3n) is 2.63. The standard InChI is InChI=1S/C10H6F3N5O/c11-10(12,13)7-1-2-8(16-15-7)18-4-5-6(17-18)3-14-9(5)19/h1-2,4H,3H2,(H,14,19). The number of rotatable bonds is 1. The fourth-order valence-corrected chi connectivity index (χ4v) is 1.71. The Hall–Kier alpha value is -2.45. The molecular weight excluding hydrogens is 263 g/mol. The number of hydrogen-bond acceptors (Lipinski definition) is 4. The largest absolute Gasteiger partial charge is 0.435 e. The predicted molar refractivity (Wildman–Crippen MR) is 55.3 cm³/mol. The molecule has 1 aliphatic rings. The van der Waals surface area contributed by atoms with Gasteiger partial charge in [-0.1, -0.05) is 0 Å². The minimum atomic E-state index is -4.53. The fraction of sp³-hybridized carbons (Fsp3) is 0.200. The third-order valence-corrected chi connectivity index (χ3v) is 2.63. The van der Waals surface area contributed by atoms with Gasteiger partial charge in [-0.25, -0.2) is 4.68 Å². The maximum atomic E-state index is 12.3. The number of nitrogens with one attached hydrogen (secondary N) is 1. The van der Waals surface area contributed by atoms with E-state index in [0.29, 0.717) is 17.8 Å². The molecule has 0 fully saturated rings. The molecule has 0 bridgehead atoms. The first-order valence-corrected chi connectivity index (χ1v) is 5.23. The molecule has 0 aromatic carbocycles. The van der Waals surface area contributed by atoms with Crippen molar-refractivity contribution >= 4 is 5.91 Å². The molecule has 1 amide bonds. The molecule has 6 nitrogen and oxygen atoms in total. The van der Waals surface area contributed by atoms with Crippen LogP contribution in [0.25, 0.3) is 5.82 Å². The van der Waals surface area contributed by atoms with E-state index in [-0.39, 0.29) is 11.7 Å². The van der Waals surface area contributed by atoms with Gasteiger partial charge < -0.3 is 5.32 Å². The Morgan fingerprint density at radius 3 is 2.63 bits per heavy atom. The lowest BCUT2D eigenvalue weighted by Crippen LogP contribution is -2.15. The number of alkyl halides is 3. The van der Waals surface area contributed by atoms with E-state index in [0.717, 1.165) is 12.1 Å². The lowest BCUT2D eigenvalue weighted by Gasteiger charge is -2.05.